The van der Waals surface area contributed by atoms with Gasteiger partial charge in [0.05, 0.1) is 28.4 Å². The van der Waals surface area contributed by atoms with Gasteiger partial charge in [-0.15, -0.1) is 0 Å². The van der Waals surface area contributed by atoms with Gasteiger partial charge >= 0.3 is 0 Å². The summed E-state index contributed by atoms with van der Waals surface area (Å²) in [5.74, 6) is 2.23. The fourth-order valence-electron chi connectivity index (χ4n) is 2.55. The molecule has 2 aromatic carbocycles. The second-order valence-corrected chi connectivity index (χ2v) is 5.30. The number of hydrogen-bond donors (Lipinski definition) is 0. The zero-order valence-electron chi connectivity index (χ0n) is 15.4. The minimum Gasteiger partial charge on any atom is -0.497 e. The van der Waals surface area contributed by atoms with E-state index in [1.807, 2.05) is 0 Å². The first-order valence-electron chi connectivity index (χ1n) is 7.90. The maximum Gasteiger partial charge on any atom is 0.178 e. The second kappa shape index (κ2) is 8.76. The molecule has 0 aliphatic rings. The van der Waals surface area contributed by atoms with Gasteiger partial charge in [-0.1, -0.05) is 6.58 Å². The highest BCUT2D eigenvalue weighted by atomic mass is 16.5. The minimum absolute atomic E-state index is 0.241. The van der Waals surface area contributed by atoms with E-state index in [1.54, 1.807) is 64.8 Å². The van der Waals surface area contributed by atoms with Crippen molar-refractivity contribution >= 4 is 11.4 Å². The van der Waals surface area contributed by atoms with Crippen molar-refractivity contribution in [2.75, 3.05) is 28.4 Å². The molecule has 0 N–H and O–H groups in total. The van der Waals surface area contributed by atoms with Crippen LogP contribution in [-0.2, 0) is 4.79 Å². The Morgan fingerprint density at radius 1 is 0.808 bits per heavy atom. The van der Waals surface area contributed by atoms with Gasteiger partial charge in [0.25, 0.3) is 0 Å². The Kier molecular flexibility index (Phi) is 6.44. The molecule has 0 bridgehead atoms. The third-order valence-corrected chi connectivity index (χ3v) is 3.88. The summed E-state index contributed by atoms with van der Waals surface area (Å²) in [6, 6.07) is 10.8. The van der Waals surface area contributed by atoms with Crippen molar-refractivity contribution in [1.29, 1.82) is 0 Å². The van der Waals surface area contributed by atoms with Crippen LogP contribution in [0, 0.1) is 0 Å². The van der Waals surface area contributed by atoms with Gasteiger partial charge in [-0.25, -0.2) is 0 Å². The fraction of sp³-hybridized carbons (Fsp3) is 0.190. The number of benzene rings is 2. The predicted molar refractivity (Wildman–Crippen MR) is 101 cm³/mol. The molecular weight excluding hydrogens is 332 g/mol. The number of rotatable bonds is 8. The first-order valence-corrected chi connectivity index (χ1v) is 7.90. The van der Waals surface area contributed by atoms with Gasteiger partial charge in [-0.3, -0.25) is 4.79 Å². The lowest BCUT2D eigenvalue weighted by atomic mass is 9.94. The molecule has 0 radical (unpaired) electrons. The number of carbonyl (C=O) groups is 1. The molecule has 0 heterocycles. The van der Waals surface area contributed by atoms with E-state index in [9.17, 15) is 4.79 Å². The number of ketones is 1. The Hall–Kier alpha value is -3.21. The monoisotopic (exact) mass is 354 g/mol. The Labute approximate surface area is 153 Å². The molecular formula is C21H22O5. The molecule has 0 amide bonds. The van der Waals surface area contributed by atoms with Crippen molar-refractivity contribution in [3.8, 4) is 23.0 Å². The quantitative estimate of drug-likeness (QED) is 0.673. The summed E-state index contributed by atoms with van der Waals surface area (Å²) in [6.45, 7) is 3.55. The number of methoxy groups -OCH3 is 4. The van der Waals surface area contributed by atoms with Crippen LogP contribution in [0.25, 0.3) is 5.57 Å². The van der Waals surface area contributed by atoms with E-state index in [4.69, 9.17) is 18.9 Å². The topological polar surface area (TPSA) is 54.0 Å². The smallest absolute Gasteiger partial charge is 0.178 e. The summed E-state index contributed by atoms with van der Waals surface area (Å²) in [7, 11) is 6.30. The van der Waals surface area contributed by atoms with Gasteiger partial charge in [0, 0.05) is 16.7 Å². The maximum atomic E-state index is 12.1. The summed E-state index contributed by atoms with van der Waals surface area (Å²) in [4.78, 5) is 12.1. The van der Waals surface area contributed by atoms with Crippen molar-refractivity contribution < 1.29 is 23.7 Å². The SMILES string of the molecule is C=CC(=O)C=C(c1cc(OC)ccc1OC)c1cc(OC)ccc1OC. The van der Waals surface area contributed by atoms with Gasteiger partial charge in [0.2, 0.25) is 0 Å². The van der Waals surface area contributed by atoms with Crippen molar-refractivity contribution in [2.24, 2.45) is 0 Å². The van der Waals surface area contributed by atoms with Gasteiger partial charge in [-0.2, -0.15) is 0 Å². The average Bonchev–Trinajstić information content (AvgIpc) is 2.70. The first-order chi connectivity index (χ1) is 12.6. The summed E-state index contributed by atoms with van der Waals surface area (Å²) < 4.78 is 21.6. The fourth-order valence-corrected chi connectivity index (χ4v) is 2.55. The molecule has 0 saturated carbocycles. The van der Waals surface area contributed by atoms with E-state index >= 15 is 0 Å². The average molecular weight is 354 g/mol. The van der Waals surface area contributed by atoms with E-state index in [0.29, 0.717) is 39.7 Å². The van der Waals surface area contributed by atoms with Crippen molar-refractivity contribution in [2.45, 2.75) is 0 Å². The molecule has 0 aliphatic heterocycles. The van der Waals surface area contributed by atoms with Crippen LogP contribution < -0.4 is 18.9 Å². The molecule has 2 aromatic rings. The Bertz CT molecular complexity index is 779. The lowest BCUT2D eigenvalue weighted by Gasteiger charge is -2.17. The normalized spacial score (nSPS) is 9.85. The zero-order valence-corrected chi connectivity index (χ0v) is 15.4. The number of allylic oxidation sites excluding steroid dienone is 2. The lowest BCUT2D eigenvalue weighted by Crippen LogP contribution is -2.00. The van der Waals surface area contributed by atoms with Crippen molar-refractivity contribution in [3.05, 3.63) is 66.3 Å². The Balaban J connectivity index is 2.80. The standard InChI is InChI=1S/C21H22O5/c1-6-14(22)11-17(18-12-15(23-2)7-9-20(18)25-4)19-13-16(24-3)8-10-21(19)26-5/h6-13H,1H2,2-5H3. The lowest BCUT2D eigenvalue weighted by molar-refractivity contribution is -0.110. The molecule has 5 heteroatoms. The van der Waals surface area contributed by atoms with E-state index in [2.05, 4.69) is 6.58 Å². The highest BCUT2D eigenvalue weighted by Crippen LogP contribution is 2.39. The van der Waals surface area contributed by atoms with Crippen LogP contribution in [0.3, 0.4) is 0 Å². The van der Waals surface area contributed by atoms with E-state index in [1.165, 1.54) is 12.2 Å². The van der Waals surface area contributed by atoms with Crippen LogP contribution >= 0.6 is 0 Å². The van der Waals surface area contributed by atoms with Gasteiger partial charge < -0.3 is 18.9 Å². The van der Waals surface area contributed by atoms with Crippen LogP contribution in [0.5, 0.6) is 23.0 Å². The van der Waals surface area contributed by atoms with Crippen LogP contribution in [0.15, 0.2) is 55.1 Å². The van der Waals surface area contributed by atoms with E-state index in [0.717, 1.165) is 0 Å². The zero-order chi connectivity index (χ0) is 19.1. The Morgan fingerprint density at radius 2 is 1.27 bits per heavy atom. The van der Waals surface area contributed by atoms with Crippen LogP contribution in [0.4, 0.5) is 0 Å². The molecule has 0 atom stereocenters. The number of hydrogen-bond acceptors (Lipinski definition) is 5. The van der Waals surface area contributed by atoms with Crippen LogP contribution in [-0.4, -0.2) is 34.2 Å². The summed E-state index contributed by atoms with van der Waals surface area (Å²) in [6.07, 6.45) is 2.74. The molecule has 136 valence electrons. The molecule has 0 fully saturated rings. The molecule has 0 spiro atoms. The van der Waals surface area contributed by atoms with Gasteiger partial charge in [-0.05, 0) is 48.6 Å². The summed E-state index contributed by atoms with van der Waals surface area (Å²) in [5.41, 5.74) is 1.99. The van der Waals surface area contributed by atoms with Crippen LogP contribution in [0.1, 0.15) is 11.1 Å². The van der Waals surface area contributed by atoms with Crippen molar-refractivity contribution in [3.63, 3.8) is 0 Å². The van der Waals surface area contributed by atoms with Crippen molar-refractivity contribution in [1.82, 2.24) is 0 Å². The van der Waals surface area contributed by atoms with Gasteiger partial charge in [0.1, 0.15) is 23.0 Å². The molecule has 26 heavy (non-hydrogen) atoms. The third-order valence-electron chi connectivity index (χ3n) is 3.88. The first kappa shape index (κ1) is 19.1. The minimum atomic E-state index is -0.241. The molecule has 0 aliphatic carbocycles. The predicted octanol–water partition coefficient (Wildman–Crippen LogP) is 3.91. The molecule has 0 unspecified atom stereocenters. The second-order valence-electron chi connectivity index (χ2n) is 5.30. The molecule has 0 aromatic heterocycles. The summed E-state index contributed by atoms with van der Waals surface area (Å²) >= 11 is 0. The number of carbonyl (C=O) groups excluding carboxylic acids is 1. The maximum absolute atomic E-state index is 12.1. The number of ether oxygens (including phenoxy) is 4. The van der Waals surface area contributed by atoms with E-state index in [-0.39, 0.29) is 5.78 Å². The molecule has 0 saturated heterocycles. The van der Waals surface area contributed by atoms with Gasteiger partial charge in [0.15, 0.2) is 5.78 Å². The third kappa shape index (κ3) is 4.06. The largest absolute Gasteiger partial charge is 0.497 e. The Morgan fingerprint density at radius 3 is 1.62 bits per heavy atom. The van der Waals surface area contributed by atoms with E-state index < -0.39 is 0 Å². The molecule has 5 nitrogen and oxygen atoms in total. The summed E-state index contributed by atoms with van der Waals surface area (Å²) in [5, 5.41) is 0. The molecule has 2 rings (SSSR count). The highest BCUT2D eigenvalue weighted by Gasteiger charge is 2.18. The highest BCUT2D eigenvalue weighted by molar-refractivity contribution is 6.07. The van der Waals surface area contributed by atoms with Crippen LogP contribution in [0.2, 0.25) is 0 Å².